The number of carboxylic acid groups (broad SMARTS) is 1. The highest BCUT2D eigenvalue weighted by Crippen LogP contribution is 2.33. The first-order valence-corrected chi connectivity index (χ1v) is 7.97. The highest BCUT2D eigenvalue weighted by atomic mass is 79.9. The van der Waals surface area contributed by atoms with Crippen LogP contribution in [-0.4, -0.2) is 41.8 Å². The van der Waals surface area contributed by atoms with E-state index in [1.54, 1.807) is 0 Å². The Morgan fingerprint density at radius 1 is 1.25 bits per heavy atom. The number of hydrogen-bond acceptors (Lipinski definition) is 2. The lowest BCUT2D eigenvalue weighted by molar-refractivity contribution is 0.131. The third-order valence-corrected chi connectivity index (χ3v) is 4.87. The van der Waals surface area contributed by atoms with Crippen LogP contribution in [0, 0.1) is 0 Å². The van der Waals surface area contributed by atoms with Crippen molar-refractivity contribution in [1.29, 1.82) is 0 Å². The molecule has 0 radical (unpaired) electrons. The molecule has 2 aliphatic rings. The van der Waals surface area contributed by atoms with Crippen molar-refractivity contribution in [1.82, 2.24) is 4.90 Å². The van der Waals surface area contributed by atoms with E-state index < -0.39 is 6.09 Å². The zero-order chi connectivity index (χ0) is 14.1. The Balaban J connectivity index is 1.75. The number of carbonyl (C=O) groups is 1. The van der Waals surface area contributed by atoms with Crippen molar-refractivity contribution in [3.63, 3.8) is 0 Å². The van der Waals surface area contributed by atoms with Gasteiger partial charge in [-0.3, -0.25) is 0 Å². The molecule has 0 saturated carbocycles. The number of piperidine rings is 1. The van der Waals surface area contributed by atoms with E-state index in [-0.39, 0.29) is 0 Å². The van der Waals surface area contributed by atoms with Crippen molar-refractivity contribution >= 4 is 27.7 Å². The standard InChI is InChI=1S/C15H19BrN2O2/c16-12-3-4-14-11(10-12)2-1-7-18(14)13-5-8-17(9-6-13)15(19)20/h3-4,10,13H,1-2,5-9H2,(H,19,20). The van der Waals surface area contributed by atoms with Gasteiger partial charge in [-0.2, -0.15) is 0 Å². The summed E-state index contributed by atoms with van der Waals surface area (Å²) in [4.78, 5) is 15.0. The Hall–Kier alpha value is -1.23. The maximum atomic E-state index is 11.0. The maximum absolute atomic E-state index is 11.0. The van der Waals surface area contributed by atoms with E-state index in [0.29, 0.717) is 19.1 Å². The lowest BCUT2D eigenvalue weighted by atomic mass is 9.96. The summed E-state index contributed by atoms with van der Waals surface area (Å²) in [6.07, 6.45) is 3.40. The normalized spacial score (nSPS) is 19.9. The van der Waals surface area contributed by atoms with Crippen molar-refractivity contribution < 1.29 is 9.90 Å². The molecule has 1 fully saturated rings. The minimum absolute atomic E-state index is 0.478. The molecule has 1 aromatic rings. The smallest absolute Gasteiger partial charge is 0.407 e. The van der Waals surface area contributed by atoms with E-state index in [1.807, 2.05) is 0 Å². The summed E-state index contributed by atoms with van der Waals surface area (Å²) in [6, 6.07) is 6.99. The van der Waals surface area contributed by atoms with Crippen LogP contribution in [0.1, 0.15) is 24.8 Å². The van der Waals surface area contributed by atoms with Crippen LogP contribution in [0.2, 0.25) is 0 Å². The SMILES string of the molecule is O=C(O)N1CCC(N2CCCc3cc(Br)ccc32)CC1. The van der Waals surface area contributed by atoms with Gasteiger partial charge in [0.25, 0.3) is 0 Å². The number of likely N-dealkylation sites (tertiary alicyclic amines) is 1. The fraction of sp³-hybridized carbons (Fsp3) is 0.533. The summed E-state index contributed by atoms with van der Waals surface area (Å²) in [7, 11) is 0. The summed E-state index contributed by atoms with van der Waals surface area (Å²) >= 11 is 3.54. The van der Waals surface area contributed by atoms with Crippen molar-refractivity contribution in [2.24, 2.45) is 0 Å². The first kappa shape index (κ1) is 13.7. The number of rotatable bonds is 1. The average molecular weight is 339 g/mol. The monoisotopic (exact) mass is 338 g/mol. The van der Waals surface area contributed by atoms with Crippen LogP contribution in [0.4, 0.5) is 10.5 Å². The molecule has 2 heterocycles. The molecular weight excluding hydrogens is 320 g/mol. The topological polar surface area (TPSA) is 43.8 Å². The third kappa shape index (κ3) is 2.64. The molecule has 3 rings (SSSR count). The van der Waals surface area contributed by atoms with Gasteiger partial charge in [0.1, 0.15) is 0 Å². The molecule has 4 nitrogen and oxygen atoms in total. The molecule has 1 amide bonds. The molecule has 1 N–H and O–H groups in total. The van der Waals surface area contributed by atoms with Crippen LogP contribution in [0.5, 0.6) is 0 Å². The number of amides is 1. The molecule has 1 aromatic carbocycles. The second-order valence-electron chi connectivity index (χ2n) is 5.57. The molecule has 0 bridgehead atoms. The summed E-state index contributed by atoms with van der Waals surface area (Å²) in [5.74, 6) is 0. The molecule has 5 heteroatoms. The lowest BCUT2D eigenvalue weighted by Crippen LogP contribution is -2.48. The molecule has 1 saturated heterocycles. The Bertz CT molecular complexity index is 513. The highest BCUT2D eigenvalue weighted by Gasteiger charge is 2.29. The van der Waals surface area contributed by atoms with Gasteiger partial charge < -0.3 is 14.9 Å². The number of fused-ring (bicyclic) bond motifs is 1. The Morgan fingerprint density at radius 3 is 2.70 bits per heavy atom. The summed E-state index contributed by atoms with van der Waals surface area (Å²) in [6.45, 7) is 2.40. The number of halogens is 1. The van der Waals surface area contributed by atoms with E-state index in [9.17, 15) is 4.79 Å². The molecule has 0 unspecified atom stereocenters. The Labute approximate surface area is 127 Å². The molecule has 2 aliphatic heterocycles. The Kier molecular flexibility index (Phi) is 3.87. The largest absolute Gasteiger partial charge is 0.465 e. The van der Waals surface area contributed by atoms with Crippen molar-refractivity contribution in [2.45, 2.75) is 31.7 Å². The zero-order valence-electron chi connectivity index (χ0n) is 11.4. The van der Waals surface area contributed by atoms with E-state index in [2.05, 4.69) is 39.0 Å². The molecule has 0 spiro atoms. The summed E-state index contributed by atoms with van der Waals surface area (Å²) in [5, 5.41) is 9.03. The number of anilines is 1. The van der Waals surface area contributed by atoms with Crippen molar-refractivity contribution in [3.8, 4) is 0 Å². The second-order valence-corrected chi connectivity index (χ2v) is 6.49. The molecule has 0 atom stereocenters. The van der Waals surface area contributed by atoms with Gasteiger partial charge in [0, 0.05) is 35.8 Å². The van der Waals surface area contributed by atoms with Crippen molar-refractivity contribution in [3.05, 3.63) is 28.2 Å². The number of benzene rings is 1. The van der Waals surface area contributed by atoms with E-state index in [4.69, 9.17) is 5.11 Å². The summed E-state index contributed by atoms with van der Waals surface area (Å²) in [5.41, 5.74) is 2.75. The highest BCUT2D eigenvalue weighted by molar-refractivity contribution is 9.10. The molecule has 0 aromatic heterocycles. The second kappa shape index (κ2) is 5.64. The van der Waals surface area contributed by atoms with Gasteiger partial charge in [-0.05, 0) is 49.4 Å². The van der Waals surface area contributed by atoms with Crippen LogP contribution in [0.15, 0.2) is 22.7 Å². The molecule has 0 aliphatic carbocycles. The number of aryl methyl sites for hydroxylation is 1. The van der Waals surface area contributed by atoms with Gasteiger partial charge in [-0.15, -0.1) is 0 Å². The fourth-order valence-electron chi connectivity index (χ4n) is 3.34. The predicted molar refractivity (Wildman–Crippen MR) is 82.4 cm³/mol. The molecular formula is C15H19BrN2O2. The van der Waals surface area contributed by atoms with E-state index in [0.717, 1.165) is 30.3 Å². The average Bonchev–Trinajstić information content (AvgIpc) is 2.46. The lowest BCUT2D eigenvalue weighted by Gasteiger charge is -2.41. The minimum Gasteiger partial charge on any atom is -0.465 e. The van der Waals surface area contributed by atoms with Gasteiger partial charge in [0.05, 0.1) is 0 Å². The van der Waals surface area contributed by atoms with Gasteiger partial charge in [-0.1, -0.05) is 15.9 Å². The van der Waals surface area contributed by atoms with Gasteiger partial charge >= 0.3 is 6.09 Å². The summed E-state index contributed by atoms with van der Waals surface area (Å²) < 4.78 is 1.14. The van der Waals surface area contributed by atoms with Gasteiger partial charge in [0.15, 0.2) is 0 Å². The van der Waals surface area contributed by atoms with Crippen LogP contribution in [0.25, 0.3) is 0 Å². The third-order valence-electron chi connectivity index (χ3n) is 4.37. The predicted octanol–water partition coefficient (Wildman–Crippen LogP) is 3.34. The van der Waals surface area contributed by atoms with Crippen LogP contribution in [-0.2, 0) is 6.42 Å². The Morgan fingerprint density at radius 2 is 2.00 bits per heavy atom. The van der Waals surface area contributed by atoms with E-state index in [1.165, 1.54) is 22.6 Å². The van der Waals surface area contributed by atoms with Gasteiger partial charge in [0.2, 0.25) is 0 Å². The maximum Gasteiger partial charge on any atom is 0.407 e. The molecule has 108 valence electrons. The quantitative estimate of drug-likeness (QED) is 0.853. The van der Waals surface area contributed by atoms with E-state index >= 15 is 0 Å². The van der Waals surface area contributed by atoms with Crippen LogP contribution < -0.4 is 4.90 Å². The minimum atomic E-state index is -0.786. The molecule has 20 heavy (non-hydrogen) atoms. The van der Waals surface area contributed by atoms with Crippen LogP contribution in [0.3, 0.4) is 0 Å². The zero-order valence-corrected chi connectivity index (χ0v) is 13.0. The number of hydrogen-bond donors (Lipinski definition) is 1. The number of nitrogens with zero attached hydrogens (tertiary/aromatic N) is 2. The first-order valence-electron chi connectivity index (χ1n) is 7.18. The van der Waals surface area contributed by atoms with Crippen molar-refractivity contribution in [2.75, 3.05) is 24.5 Å². The van der Waals surface area contributed by atoms with Crippen LogP contribution >= 0.6 is 15.9 Å². The first-order chi connectivity index (χ1) is 9.65. The van der Waals surface area contributed by atoms with Gasteiger partial charge in [-0.25, -0.2) is 4.79 Å². The fourth-order valence-corrected chi connectivity index (χ4v) is 3.75.